The molecule has 1 aliphatic heterocycles. The van der Waals surface area contributed by atoms with Crippen LogP contribution in [0.5, 0.6) is 5.75 Å². The van der Waals surface area contributed by atoms with E-state index in [4.69, 9.17) is 4.74 Å². The Morgan fingerprint density at radius 1 is 1.30 bits per heavy atom. The van der Waals surface area contributed by atoms with Gasteiger partial charge in [-0.3, -0.25) is 9.59 Å². The van der Waals surface area contributed by atoms with Crippen molar-refractivity contribution in [3.63, 3.8) is 0 Å². The van der Waals surface area contributed by atoms with Gasteiger partial charge in [-0.25, -0.2) is 0 Å². The first kappa shape index (κ1) is 17.1. The lowest BCUT2D eigenvalue weighted by Crippen LogP contribution is -2.42. The predicted molar refractivity (Wildman–Crippen MR) is 89.0 cm³/mol. The van der Waals surface area contributed by atoms with E-state index in [9.17, 15) is 9.59 Å². The van der Waals surface area contributed by atoms with Crippen LogP contribution in [-0.4, -0.2) is 36.4 Å². The summed E-state index contributed by atoms with van der Waals surface area (Å²) in [6.07, 6.45) is 2.73. The third-order valence-corrected chi connectivity index (χ3v) is 4.05. The molecular formula is C18H24N2O3. The Bertz CT molecular complexity index is 546. The van der Waals surface area contributed by atoms with E-state index in [1.54, 1.807) is 4.90 Å². The highest BCUT2D eigenvalue weighted by molar-refractivity contribution is 5.87. The highest BCUT2D eigenvalue weighted by Gasteiger charge is 2.26. The minimum Gasteiger partial charge on any atom is -0.494 e. The number of hydrogen-bond donors (Lipinski definition) is 1. The van der Waals surface area contributed by atoms with Gasteiger partial charge in [0.25, 0.3) is 0 Å². The lowest BCUT2D eigenvalue weighted by Gasteiger charge is -2.30. The van der Waals surface area contributed by atoms with Crippen molar-refractivity contribution in [2.24, 2.45) is 5.92 Å². The summed E-state index contributed by atoms with van der Waals surface area (Å²) >= 11 is 0. The zero-order valence-electron chi connectivity index (χ0n) is 13.6. The van der Waals surface area contributed by atoms with Crippen LogP contribution >= 0.6 is 0 Å². The van der Waals surface area contributed by atoms with Crippen LogP contribution in [-0.2, 0) is 16.1 Å². The summed E-state index contributed by atoms with van der Waals surface area (Å²) in [5, 5.41) is 2.97. The maximum atomic E-state index is 12.2. The van der Waals surface area contributed by atoms with E-state index >= 15 is 0 Å². The molecular weight excluding hydrogens is 292 g/mol. The highest BCUT2D eigenvalue weighted by Crippen LogP contribution is 2.18. The largest absolute Gasteiger partial charge is 0.494 e. The fourth-order valence-corrected chi connectivity index (χ4v) is 2.69. The second kappa shape index (κ2) is 8.36. The molecule has 0 atom stereocenters. The van der Waals surface area contributed by atoms with Gasteiger partial charge in [-0.2, -0.15) is 0 Å². The number of nitrogens with one attached hydrogen (secondary N) is 1. The average molecular weight is 316 g/mol. The van der Waals surface area contributed by atoms with Gasteiger partial charge in [-0.05, 0) is 43.5 Å². The van der Waals surface area contributed by atoms with Crippen molar-refractivity contribution in [3.8, 4) is 5.75 Å². The highest BCUT2D eigenvalue weighted by atomic mass is 16.5. The lowest BCUT2D eigenvalue weighted by atomic mass is 9.95. The number of carbonyl (C=O) groups excluding carboxylic acids is 2. The number of hydrogen-bond acceptors (Lipinski definition) is 3. The van der Waals surface area contributed by atoms with Gasteiger partial charge in [0.15, 0.2) is 0 Å². The van der Waals surface area contributed by atoms with Crippen molar-refractivity contribution in [1.29, 1.82) is 0 Å². The molecule has 0 spiro atoms. The van der Waals surface area contributed by atoms with E-state index in [1.165, 1.54) is 6.08 Å². The molecule has 0 aromatic heterocycles. The molecule has 1 fully saturated rings. The van der Waals surface area contributed by atoms with E-state index in [0.717, 1.165) is 11.3 Å². The van der Waals surface area contributed by atoms with Crippen LogP contribution in [0.1, 0.15) is 25.3 Å². The molecule has 124 valence electrons. The number of likely N-dealkylation sites (tertiary alicyclic amines) is 1. The van der Waals surface area contributed by atoms with Crippen LogP contribution < -0.4 is 10.1 Å². The fourth-order valence-electron chi connectivity index (χ4n) is 2.69. The number of amides is 2. The van der Waals surface area contributed by atoms with Gasteiger partial charge in [0.05, 0.1) is 6.61 Å². The summed E-state index contributed by atoms with van der Waals surface area (Å²) in [6.45, 7) is 7.82. The first-order chi connectivity index (χ1) is 11.1. The maximum absolute atomic E-state index is 12.2. The van der Waals surface area contributed by atoms with Crippen LogP contribution in [0.4, 0.5) is 0 Å². The Balaban J connectivity index is 1.77. The summed E-state index contributed by atoms with van der Waals surface area (Å²) in [5.74, 6) is 0.816. The molecule has 1 heterocycles. The first-order valence-electron chi connectivity index (χ1n) is 8.04. The van der Waals surface area contributed by atoms with Gasteiger partial charge in [0.2, 0.25) is 11.8 Å². The van der Waals surface area contributed by atoms with Crippen LogP contribution in [0.3, 0.4) is 0 Å². The maximum Gasteiger partial charge on any atom is 0.245 e. The smallest absolute Gasteiger partial charge is 0.245 e. The summed E-state index contributed by atoms with van der Waals surface area (Å²) < 4.78 is 5.39. The van der Waals surface area contributed by atoms with Gasteiger partial charge >= 0.3 is 0 Å². The predicted octanol–water partition coefficient (Wildman–Crippen LogP) is 2.13. The monoisotopic (exact) mass is 316 g/mol. The molecule has 0 unspecified atom stereocenters. The molecule has 0 radical (unpaired) electrons. The Kier molecular flexibility index (Phi) is 6.20. The van der Waals surface area contributed by atoms with Crippen molar-refractivity contribution in [2.75, 3.05) is 19.7 Å². The third kappa shape index (κ3) is 4.84. The SMILES string of the molecule is C=CC(=O)N1CCC(C(=O)NCc2ccc(OCC)cc2)CC1. The van der Waals surface area contributed by atoms with Crippen molar-refractivity contribution in [2.45, 2.75) is 26.3 Å². The van der Waals surface area contributed by atoms with Crippen molar-refractivity contribution in [1.82, 2.24) is 10.2 Å². The Hall–Kier alpha value is -2.30. The second-order valence-electron chi connectivity index (χ2n) is 5.60. The van der Waals surface area contributed by atoms with E-state index in [2.05, 4.69) is 11.9 Å². The summed E-state index contributed by atoms with van der Waals surface area (Å²) in [6, 6.07) is 7.72. The van der Waals surface area contributed by atoms with E-state index in [1.807, 2.05) is 31.2 Å². The number of benzene rings is 1. The lowest BCUT2D eigenvalue weighted by molar-refractivity contribution is -0.132. The molecule has 1 aromatic carbocycles. The van der Waals surface area contributed by atoms with Crippen molar-refractivity contribution < 1.29 is 14.3 Å². The zero-order chi connectivity index (χ0) is 16.7. The molecule has 1 saturated heterocycles. The summed E-state index contributed by atoms with van der Waals surface area (Å²) in [5.41, 5.74) is 1.04. The summed E-state index contributed by atoms with van der Waals surface area (Å²) in [4.78, 5) is 25.5. The number of rotatable bonds is 6. The normalized spacial score (nSPS) is 15.1. The minimum absolute atomic E-state index is 0.0217. The summed E-state index contributed by atoms with van der Waals surface area (Å²) in [7, 11) is 0. The molecule has 1 aliphatic rings. The van der Waals surface area contributed by atoms with Gasteiger partial charge in [-0.1, -0.05) is 18.7 Å². The van der Waals surface area contributed by atoms with E-state index < -0.39 is 0 Å². The third-order valence-electron chi connectivity index (χ3n) is 4.05. The molecule has 1 N–H and O–H groups in total. The Labute approximate surface area is 137 Å². The van der Waals surface area contributed by atoms with Crippen LogP contribution in [0.2, 0.25) is 0 Å². The number of ether oxygens (including phenoxy) is 1. The average Bonchev–Trinajstić information content (AvgIpc) is 2.60. The van der Waals surface area contributed by atoms with Crippen molar-refractivity contribution >= 4 is 11.8 Å². The first-order valence-corrected chi connectivity index (χ1v) is 8.04. The van der Waals surface area contributed by atoms with Crippen molar-refractivity contribution in [3.05, 3.63) is 42.5 Å². The van der Waals surface area contributed by atoms with Gasteiger partial charge < -0.3 is 15.0 Å². The standard InChI is InChI=1S/C18H24N2O3/c1-3-17(21)20-11-9-15(10-12-20)18(22)19-13-14-5-7-16(8-6-14)23-4-2/h3,5-8,15H,1,4,9-13H2,2H3,(H,19,22). The molecule has 23 heavy (non-hydrogen) atoms. The molecule has 0 saturated carbocycles. The van der Waals surface area contributed by atoms with Gasteiger partial charge in [-0.15, -0.1) is 0 Å². The van der Waals surface area contributed by atoms with Crippen LogP contribution in [0.15, 0.2) is 36.9 Å². The quantitative estimate of drug-likeness (QED) is 0.818. The minimum atomic E-state index is -0.0572. The number of nitrogens with zero attached hydrogens (tertiary/aromatic N) is 1. The van der Waals surface area contributed by atoms with Gasteiger partial charge in [0.1, 0.15) is 5.75 Å². The van der Waals surface area contributed by atoms with Crippen LogP contribution in [0, 0.1) is 5.92 Å². The molecule has 5 nitrogen and oxygen atoms in total. The number of carbonyl (C=O) groups is 2. The van der Waals surface area contributed by atoms with E-state index in [0.29, 0.717) is 39.1 Å². The van der Waals surface area contributed by atoms with E-state index in [-0.39, 0.29) is 17.7 Å². The number of piperidine rings is 1. The van der Waals surface area contributed by atoms with Crippen LogP contribution in [0.25, 0.3) is 0 Å². The molecule has 2 rings (SSSR count). The molecule has 1 aromatic rings. The second-order valence-corrected chi connectivity index (χ2v) is 5.60. The van der Waals surface area contributed by atoms with Gasteiger partial charge in [0, 0.05) is 25.6 Å². The molecule has 5 heteroatoms. The fraction of sp³-hybridized carbons (Fsp3) is 0.444. The Morgan fingerprint density at radius 3 is 2.52 bits per heavy atom. The molecule has 2 amide bonds. The molecule has 0 bridgehead atoms. The topological polar surface area (TPSA) is 58.6 Å². The molecule has 0 aliphatic carbocycles. The zero-order valence-corrected chi connectivity index (χ0v) is 13.6. The Morgan fingerprint density at radius 2 is 1.96 bits per heavy atom.